The number of benzene rings is 2. The van der Waals surface area contributed by atoms with E-state index in [0.717, 1.165) is 33.2 Å². The van der Waals surface area contributed by atoms with Gasteiger partial charge in [-0.3, -0.25) is 0 Å². The fourth-order valence-electron chi connectivity index (χ4n) is 4.42. The van der Waals surface area contributed by atoms with Crippen molar-refractivity contribution in [1.29, 1.82) is 0 Å². The first-order chi connectivity index (χ1) is 15.2. The Kier molecular flexibility index (Phi) is 5.97. The number of aromatic nitrogens is 2. The Labute approximate surface area is 191 Å². The molecule has 0 unspecified atom stereocenters. The summed E-state index contributed by atoms with van der Waals surface area (Å²) in [5, 5.41) is 6.57. The average molecular weight is 452 g/mol. The Bertz CT molecular complexity index is 1220. The van der Waals surface area contributed by atoms with Crippen molar-refractivity contribution in [3.8, 4) is 5.75 Å². The van der Waals surface area contributed by atoms with E-state index in [1.54, 1.807) is 11.3 Å². The first kappa shape index (κ1) is 20.5. The quantitative estimate of drug-likeness (QED) is 0.328. The first-order valence-corrected chi connectivity index (χ1v) is 12.3. The molecule has 0 atom stereocenters. The zero-order valence-electron chi connectivity index (χ0n) is 17.7. The molecule has 0 radical (unpaired) electrons. The van der Waals surface area contributed by atoms with Crippen LogP contribution in [0.4, 0.5) is 5.82 Å². The number of nitrogens with zero attached hydrogens (tertiary/aromatic N) is 2. The molecule has 1 fully saturated rings. The highest BCUT2D eigenvalue weighted by Gasteiger charge is 2.22. The van der Waals surface area contributed by atoms with E-state index in [1.165, 1.54) is 42.2 Å². The van der Waals surface area contributed by atoms with Gasteiger partial charge in [0.15, 0.2) is 0 Å². The molecule has 1 aliphatic rings. The molecule has 1 aliphatic carbocycles. The predicted molar refractivity (Wildman–Crippen MR) is 131 cm³/mol. The first-order valence-electron chi connectivity index (χ1n) is 11.1. The van der Waals surface area contributed by atoms with Gasteiger partial charge in [-0.1, -0.05) is 55.1 Å². The van der Waals surface area contributed by atoms with Gasteiger partial charge < -0.3 is 10.1 Å². The van der Waals surface area contributed by atoms with Gasteiger partial charge in [-0.2, -0.15) is 0 Å². The van der Waals surface area contributed by atoms with Crippen molar-refractivity contribution < 1.29 is 4.74 Å². The van der Waals surface area contributed by atoms with E-state index in [2.05, 4.69) is 35.6 Å². The molecule has 0 aliphatic heterocycles. The zero-order valence-corrected chi connectivity index (χ0v) is 19.2. The van der Waals surface area contributed by atoms with Gasteiger partial charge in [0.1, 0.15) is 22.2 Å². The molecule has 2 aromatic carbocycles. The maximum absolute atomic E-state index is 6.40. The average Bonchev–Trinajstić information content (AvgIpc) is 3.18. The summed E-state index contributed by atoms with van der Waals surface area (Å²) in [5.74, 6) is 3.10. The Morgan fingerprint density at radius 3 is 2.74 bits per heavy atom. The van der Waals surface area contributed by atoms with Crippen LogP contribution >= 0.6 is 22.9 Å². The van der Waals surface area contributed by atoms with Gasteiger partial charge >= 0.3 is 0 Å². The molecule has 4 aromatic rings. The predicted octanol–water partition coefficient (Wildman–Crippen LogP) is 7.56. The summed E-state index contributed by atoms with van der Waals surface area (Å²) >= 11 is 8.15. The lowest BCUT2D eigenvalue weighted by atomic mass is 9.88. The Balaban J connectivity index is 1.51. The van der Waals surface area contributed by atoms with E-state index in [4.69, 9.17) is 26.3 Å². The number of fused-ring (bicyclic) bond motifs is 3. The lowest BCUT2D eigenvalue weighted by Crippen LogP contribution is -2.11. The normalized spacial score (nSPS) is 14.9. The van der Waals surface area contributed by atoms with E-state index < -0.39 is 0 Å². The molecular formula is C25H26ClN3OS. The van der Waals surface area contributed by atoms with Crippen LogP contribution in [0.25, 0.3) is 20.3 Å². The molecule has 2 aromatic heterocycles. The van der Waals surface area contributed by atoms with E-state index in [0.29, 0.717) is 24.1 Å². The highest BCUT2D eigenvalue weighted by molar-refractivity contribution is 7.25. The highest BCUT2D eigenvalue weighted by Crippen LogP contribution is 2.39. The van der Waals surface area contributed by atoms with Gasteiger partial charge in [0.05, 0.1) is 17.0 Å². The van der Waals surface area contributed by atoms with Crippen LogP contribution < -0.4 is 10.1 Å². The number of nitrogens with one attached hydrogen (secondary N) is 1. The molecule has 0 amide bonds. The highest BCUT2D eigenvalue weighted by atomic mass is 35.5. The minimum Gasteiger partial charge on any atom is -0.492 e. The molecule has 6 heteroatoms. The Morgan fingerprint density at radius 2 is 1.94 bits per heavy atom. The number of thiophene rings is 1. The van der Waals surface area contributed by atoms with Crippen LogP contribution in [0.1, 0.15) is 56.3 Å². The number of halogens is 1. The van der Waals surface area contributed by atoms with Crippen molar-refractivity contribution in [2.24, 2.45) is 0 Å². The molecule has 160 valence electrons. The van der Waals surface area contributed by atoms with Crippen LogP contribution in [0.3, 0.4) is 0 Å². The lowest BCUT2D eigenvalue weighted by Gasteiger charge is -2.21. The van der Waals surface area contributed by atoms with Crippen molar-refractivity contribution in [2.45, 2.75) is 51.5 Å². The molecule has 1 N–H and O–H groups in total. The number of hydrogen-bond donors (Lipinski definition) is 1. The molecular weight excluding hydrogens is 426 g/mol. The summed E-state index contributed by atoms with van der Waals surface area (Å²) < 4.78 is 6.81. The third-order valence-corrected chi connectivity index (χ3v) is 7.34. The van der Waals surface area contributed by atoms with Crippen molar-refractivity contribution in [3.05, 3.63) is 58.9 Å². The standard InChI is InChI=1S/C25H26ClN3OS/c1-2-30-20-13-12-16(14-19(20)26)15-27-24-22-18-10-6-7-11-21(18)31-25(22)29-23(28-24)17-8-4-3-5-9-17/h6-7,10-14,17H,2-5,8-9,15H2,1H3,(H,27,28,29). The monoisotopic (exact) mass is 451 g/mol. The van der Waals surface area contributed by atoms with E-state index in [9.17, 15) is 0 Å². The molecule has 31 heavy (non-hydrogen) atoms. The summed E-state index contributed by atoms with van der Waals surface area (Å²) in [6.45, 7) is 3.21. The maximum atomic E-state index is 6.40. The second kappa shape index (κ2) is 9.01. The number of hydrogen-bond acceptors (Lipinski definition) is 5. The Hall–Kier alpha value is -2.37. The molecule has 4 nitrogen and oxygen atoms in total. The Morgan fingerprint density at radius 1 is 1.10 bits per heavy atom. The van der Waals surface area contributed by atoms with Crippen LogP contribution in [0.15, 0.2) is 42.5 Å². The zero-order chi connectivity index (χ0) is 21.2. The van der Waals surface area contributed by atoms with Crippen LogP contribution in [-0.4, -0.2) is 16.6 Å². The van der Waals surface area contributed by atoms with Crippen molar-refractivity contribution in [1.82, 2.24) is 9.97 Å². The minimum atomic E-state index is 0.462. The fourth-order valence-corrected chi connectivity index (χ4v) is 5.76. The molecule has 0 bridgehead atoms. The second-order valence-corrected chi connectivity index (χ2v) is 9.53. The second-order valence-electron chi connectivity index (χ2n) is 8.10. The topological polar surface area (TPSA) is 47.0 Å². The third kappa shape index (κ3) is 4.21. The SMILES string of the molecule is CCOc1ccc(CNc2nc(C3CCCCC3)nc3sc4ccccc4c23)cc1Cl. The van der Waals surface area contributed by atoms with E-state index in [1.807, 2.05) is 19.1 Å². The van der Waals surface area contributed by atoms with Crippen LogP contribution in [0.2, 0.25) is 5.02 Å². The van der Waals surface area contributed by atoms with Crippen molar-refractivity contribution in [3.63, 3.8) is 0 Å². The van der Waals surface area contributed by atoms with Gasteiger partial charge in [0.25, 0.3) is 0 Å². The molecule has 0 spiro atoms. The smallest absolute Gasteiger partial charge is 0.139 e. The number of anilines is 1. The van der Waals surface area contributed by atoms with Crippen molar-refractivity contribution >= 4 is 49.1 Å². The molecule has 1 saturated carbocycles. The van der Waals surface area contributed by atoms with Gasteiger partial charge in [-0.25, -0.2) is 9.97 Å². The van der Waals surface area contributed by atoms with Crippen LogP contribution in [-0.2, 0) is 6.54 Å². The van der Waals surface area contributed by atoms with Crippen LogP contribution in [0, 0.1) is 0 Å². The lowest BCUT2D eigenvalue weighted by molar-refractivity contribution is 0.340. The van der Waals surface area contributed by atoms with Gasteiger partial charge in [0.2, 0.25) is 0 Å². The summed E-state index contributed by atoms with van der Waals surface area (Å²) in [6, 6.07) is 14.4. The largest absolute Gasteiger partial charge is 0.492 e. The third-order valence-electron chi connectivity index (χ3n) is 5.98. The van der Waals surface area contributed by atoms with Gasteiger partial charge in [-0.15, -0.1) is 11.3 Å². The summed E-state index contributed by atoms with van der Waals surface area (Å²) in [5.41, 5.74) is 1.10. The molecule has 2 heterocycles. The fraction of sp³-hybridized carbons (Fsp3) is 0.360. The molecule has 0 saturated heterocycles. The molecule has 5 rings (SSSR count). The van der Waals surface area contributed by atoms with Gasteiger partial charge in [-0.05, 0) is 43.5 Å². The summed E-state index contributed by atoms with van der Waals surface area (Å²) in [6.07, 6.45) is 6.23. The summed E-state index contributed by atoms with van der Waals surface area (Å²) in [7, 11) is 0. The van der Waals surface area contributed by atoms with Crippen LogP contribution in [0.5, 0.6) is 5.75 Å². The van der Waals surface area contributed by atoms with E-state index in [-0.39, 0.29) is 0 Å². The van der Waals surface area contributed by atoms with Crippen molar-refractivity contribution in [2.75, 3.05) is 11.9 Å². The minimum absolute atomic E-state index is 0.462. The number of rotatable bonds is 6. The number of ether oxygens (including phenoxy) is 1. The maximum Gasteiger partial charge on any atom is 0.139 e. The van der Waals surface area contributed by atoms with Gasteiger partial charge in [0, 0.05) is 22.5 Å². The van der Waals surface area contributed by atoms with E-state index >= 15 is 0 Å². The summed E-state index contributed by atoms with van der Waals surface area (Å²) in [4.78, 5) is 11.2.